The third-order valence-electron chi connectivity index (χ3n) is 6.87. The highest BCUT2D eigenvalue weighted by molar-refractivity contribution is 7.92. The first-order valence-corrected chi connectivity index (χ1v) is 13.7. The average Bonchev–Trinajstić information content (AvgIpc) is 2.90. The molecule has 1 atom stereocenters. The maximum atomic E-state index is 14.1. The number of halogens is 3. The number of esters is 1. The van der Waals surface area contributed by atoms with Gasteiger partial charge >= 0.3 is 12.1 Å². The van der Waals surface area contributed by atoms with Gasteiger partial charge in [0.25, 0.3) is 10.0 Å². The van der Waals surface area contributed by atoms with Crippen molar-refractivity contribution in [1.29, 1.82) is 0 Å². The van der Waals surface area contributed by atoms with Crippen LogP contribution in [0.2, 0.25) is 0 Å². The molecule has 0 bridgehead atoms. The first-order chi connectivity index (χ1) is 17.6. The van der Waals surface area contributed by atoms with Gasteiger partial charge in [0.2, 0.25) is 0 Å². The number of benzene rings is 2. The summed E-state index contributed by atoms with van der Waals surface area (Å²) >= 11 is 0. The van der Waals surface area contributed by atoms with Gasteiger partial charge in [0, 0.05) is 13.2 Å². The van der Waals surface area contributed by atoms with Crippen LogP contribution < -0.4 is 9.04 Å². The Kier molecular flexibility index (Phi) is 8.03. The van der Waals surface area contributed by atoms with Crippen LogP contribution in [0.4, 0.5) is 18.9 Å². The number of hydrogen-bond donors (Lipinski definition) is 0. The monoisotopic (exact) mass is 541 g/mol. The summed E-state index contributed by atoms with van der Waals surface area (Å²) in [5.41, 5.74) is 1.26. The molecule has 37 heavy (non-hydrogen) atoms. The van der Waals surface area contributed by atoms with Crippen molar-refractivity contribution in [3.8, 4) is 5.75 Å². The lowest BCUT2D eigenvalue weighted by Gasteiger charge is -2.38. The van der Waals surface area contributed by atoms with Gasteiger partial charge < -0.3 is 14.2 Å². The number of sulfonamides is 1. The molecule has 0 spiro atoms. The molecule has 0 N–H and O–H groups in total. The molecule has 4 rings (SSSR count). The van der Waals surface area contributed by atoms with E-state index in [1.54, 1.807) is 12.1 Å². The first kappa shape index (κ1) is 27.3. The molecular weight excluding hydrogens is 511 g/mol. The number of alkyl halides is 3. The first-order valence-electron chi connectivity index (χ1n) is 12.2. The lowest BCUT2D eigenvalue weighted by Crippen LogP contribution is -2.51. The number of carbonyl (C=O) groups excluding carboxylic acids is 1. The summed E-state index contributed by atoms with van der Waals surface area (Å²) in [5, 5.41) is 0. The van der Waals surface area contributed by atoms with Crippen LogP contribution in [0.1, 0.15) is 47.7 Å². The summed E-state index contributed by atoms with van der Waals surface area (Å²) in [6, 6.07) is 6.07. The SMILES string of the molecule is CCc1ccc2c(c1)CCC(C(F)(F)F)N2S(=O)(=O)c1ccc(OCC2CCOCC2)c(C(=O)OC)c1. The second-order valence-corrected chi connectivity index (χ2v) is 11.0. The van der Waals surface area contributed by atoms with Crippen molar-refractivity contribution in [2.45, 2.75) is 56.1 Å². The normalized spacial score (nSPS) is 18.8. The molecule has 0 amide bonds. The lowest BCUT2D eigenvalue weighted by molar-refractivity contribution is -0.147. The summed E-state index contributed by atoms with van der Waals surface area (Å²) in [6.45, 7) is 3.41. The maximum Gasteiger partial charge on any atom is 0.409 e. The highest BCUT2D eigenvalue weighted by atomic mass is 32.2. The van der Waals surface area contributed by atoms with E-state index in [2.05, 4.69) is 0 Å². The summed E-state index contributed by atoms with van der Waals surface area (Å²) in [4.78, 5) is 12.1. The van der Waals surface area contributed by atoms with Gasteiger partial charge in [0.15, 0.2) is 0 Å². The molecule has 0 radical (unpaired) electrons. The largest absolute Gasteiger partial charge is 0.492 e. The van der Waals surface area contributed by atoms with Gasteiger partial charge in [-0.05, 0) is 73.4 Å². The van der Waals surface area contributed by atoms with Crippen LogP contribution in [0.5, 0.6) is 5.75 Å². The van der Waals surface area contributed by atoms with E-state index in [-0.39, 0.29) is 35.9 Å². The van der Waals surface area contributed by atoms with Crippen molar-refractivity contribution in [2.75, 3.05) is 31.2 Å². The minimum atomic E-state index is -4.79. The second kappa shape index (κ2) is 10.9. The maximum absolute atomic E-state index is 14.1. The fraction of sp³-hybridized carbons (Fsp3) is 0.500. The minimum Gasteiger partial charge on any atom is -0.492 e. The number of anilines is 1. The van der Waals surface area contributed by atoms with Gasteiger partial charge in [-0.1, -0.05) is 19.1 Å². The number of carbonyl (C=O) groups is 1. The van der Waals surface area contributed by atoms with Crippen LogP contribution in [0.3, 0.4) is 0 Å². The molecule has 0 aliphatic carbocycles. The van der Waals surface area contributed by atoms with Crippen LogP contribution in [-0.4, -0.2) is 53.5 Å². The Hall–Kier alpha value is -2.79. The summed E-state index contributed by atoms with van der Waals surface area (Å²) in [7, 11) is -3.57. The molecule has 1 saturated heterocycles. The number of hydrogen-bond acceptors (Lipinski definition) is 6. The number of aryl methyl sites for hydroxylation is 2. The van der Waals surface area contributed by atoms with Crippen LogP contribution in [0.15, 0.2) is 41.3 Å². The number of fused-ring (bicyclic) bond motifs is 1. The molecule has 2 aliphatic heterocycles. The Morgan fingerprint density at radius 2 is 1.84 bits per heavy atom. The van der Waals surface area contributed by atoms with Gasteiger partial charge in [-0.25, -0.2) is 13.2 Å². The molecule has 2 aromatic carbocycles. The molecule has 0 saturated carbocycles. The van der Waals surface area contributed by atoms with Crippen LogP contribution in [0.25, 0.3) is 0 Å². The van der Waals surface area contributed by atoms with Crippen LogP contribution in [0, 0.1) is 5.92 Å². The third kappa shape index (κ3) is 5.72. The number of ether oxygens (including phenoxy) is 3. The van der Waals surface area contributed by atoms with Crippen LogP contribution >= 0.6 is 0 Å². The van der Waals surface area contributed by atoms with Gasteiger partial charge in [0.05, 0.1) is 24.3 Å². The van der Waals surface area contributed by atoms with Crippen molar-refractivity contribution >= 4 is 21.7 Å². The molecule has 2 aliphatic rings. The highest BCUT2D eigenvalue weighted by Gasteiger charge is 2.50. The van der Waals surface area contributed by atoms with Crippen LogP contribution in [-0.2, 0) is 32.3 Å². The van der Waals surface area contributed by atoms with Crippen molar-refractivity contribution in [2.24, 2.45) is 5.92 Å². The highest BCUT2D eigenvalue weighted by Crippen LogP contribution is 2.42. The Morgan fingerprint density at radius 1 is 1.11 bits per heavy atom. The van der Waals surface area contributed by atoms with Crippen molar-refractivity contribution in [3.05, 3.63) is 53.1 Å². The Labute approximate surface area is 214 Å². The molecule has 2 heterocycles. The minimum absolute atomic E-state index is 0.00904. The van der Waals surface area contributed by atoms with Gasteiger partial charge in [-0.15, -0.1) is 0 Å². The van der Waals surface area contributed by atoms with Gasteiger partial charge in [0.1, 0.15) is 17.4 Å². The topological polar surface area (TPSA) is 82.1 Å². The quantitative estimate of drug-likeness (QED) is 0.463. The van der Waals surface area contributed by atoms with E-state index in [4.69, 9.17) is 14.2 Å². The van der Waals surface area contributed by atoms with E-state index >= 15 is 0 Å². The summed E-state index contributed by atoms with van der Waals surface area (Å²) in [5.74, 6) is -0.539. The molecule has 1 unspecified atom stereocenters. The lowest BCUT2D eigenvalue weighted by atomic mass is 9.95. The third-order valence-corrected chi connectivity index (χ3v) is 8.68. The smallest absolute Gasteiger partial charge is 0.409 e. The molecule has 7 nitrogen and oxygen atoms in total. The summed E-state index contributed by atoms with van der Waals surface area (Å²) < 4.78 is 86.2. The van der Waals surface area contributed by atoms with E-state index < -0.39 is 39.5 Å². The zero-order valence-electron chi connectivity index (χ0n) is 20.7. The van der Waals surface area contributed by atoms with Crippen molar-refractivity contribution < 1.29 is 40.6 Å². The summed E-state index contributed by atoms with van der Waals surface area (Å²) in [6.07, 6.45) is -2.85. The second-order valence-electron chi connectivity index (χ2n) is 9.23. The van der Waals surface area contributed by atoms with Gasteiger partial charge in [-0.2, -0.15) is 13.2 Å². The molecule has 0 aromatic heterocycles. The van der Waals surface area contributed by atoms with Crippen molar-refractivity contribution in [3.63, 3.8) is 0 Å². The standard InChI is InChI=1S/C26H30F3NO6S/c1-3-17-4-7-22-19(14-17)5-9-24(26(27,28)29)30(22)37(32,33)20-6-8-23(21(15-20)25(31)34-2)36-16-18-10-12-35-13-11-18/h4,6-8,14-15,18,24H,3,5,9-13,16H2,1-2H3. The Morgan fingerprint density at radius 3 is 2.49 bits per heavy atom. The number of nitrogens with zero attached hydrogens (tertiary/aromatic N) is 1. The average molecular weight is 542 g/mol. The van der Waals surface area contributed by atoms with E-state index in [9.17, 15) is 26.4 Å². The molecule has 2 aromatic rings. The van der Waals surface area contributed by atoms with E-state index in [0.29, 0.717) is 29.5 Å². The van der Waals surface area contributed by atoms with Crippen molar-refractivity contribution in [1.82, 2.24) is 0 Å². The van der Waals surface area contributed by atoms with E-state index in [1.165, 1.54) is 18.2 Å². The molecule has 1 fully saturated rings. The predicted molar refractivity (Wildman–Crippen MR) is 130 cm³/mol. The van der Waals surface area contributed by atoms with Gasteiger partial charge in [-0.3, -0.25) is 4.31 Å². The Balaban J connectivity index is 1.74. The predicted octanol–water partition coefficient (Wildman–Crippen LogP) is 4.91. The molecule has 11 heteroatoms. The number of rotatable bonds is 7. The fourth-order valence-electron chi connectivity index (χ4n) is 4.74. The van der Waals surface area contributed by atoms with E-state index in [0.717, 1.165) is 31.6 Å². The zero-order chi connectivity index (χ0) is 26.8. The molecule has 202 valence electrons. The van der Waals surface area contributed by atoms with E-state index in [1.807, 2.05) is 6.92 Å². The Bertz CT molecular complexity index is 1240. The fourth-order valence-corrected chi connectivity index (χ4v) is 6.48. The molecular formula is C26H30F3NO6S. The zero-order valence-corrected chi connectivity index (χ0v) is 21.5. The number of methoxy groups -OCH3 is 1.